The summed E-state index contributed by atoms with van der Waals surface area (Å²) in [6.07, 6.45) is -9.82. The number of amides is 2. The van der Waals surface area contributed by atoms with E-state index in [2.05, 4.69) is 10.6 Å². The molecular weight excluding hydrogens is 602 g/mol. The van der Waals surface area contributed by atoms with Gasteiger partial charge in [-0.25, -0.2) is 8.78 Å². The molecule has 0 fully saturated rings. The van der Waals surface area contributed by atoms with E-state index in [1.54, 1.807) is 0 Å². The number of nitrogens with zero attached hydrogens (tertiary/aromatic N) is 2. The minimum Gasteiger partial charge on any atom is -0.341 e. The maximum Gasteiger partial charge on any atom is 0.416 e. The van der Waals surface area contributed by atoms with Crippen molar-refractivity contribution in [2.45, 2.75) is 24.9 Å². The quantitative estimate of drug-likeness (QED) is 0.243. The molecule has 3 aromatic carbocycles. The summed E-state index contributed by atoms with van der Waals surface area (Å²) in [5, 5.41) is 13.0. The molecule has 0 bridgehead atoms. The zero-order valence-corrected chi connectivity index (χ0v) is 21.7. The van der Waals surface area contributed by atoms with Gasteiger partial charge in [0.1, 0.15) is 18.2 Å². The Morgan fingerprint density at radius 1 is 1.05 bits per heavy atom. The number of aryl methyl sites for hydroxylation is 1. The van der Waals surface area contributed by atoms with E-state index in [0.717, 1.165) is 22.8 Å². The van der Waals surface area contributed by atoms with E-state index >= 15 is 0 Å². The Morgan fingerprint density at radius 2 is 1.74 bits per heavy atom. The monoisotopic (exact) mass is 617 g/mol. The third kappa shape index (κ3) is 5.08. The number of aromatic nitrogens is 2. The van der Waals surface area contributed by atoms with Gasteiger partial charge in [0.05, 0.1) is 28.2 Å². The molecule has 0 spiro atoms. The first-order valence-corrected chi connectivity index (χ1v) is 12.2. The topological polar surface area (TPSA) is 91.9 Å². The number of rotatable bonds is 4. The summed E-state index contributed by atoms with van der Waals surface area (Å²) in [5.74, 6) is -4.32. The highest BCUT2D eigenvalue weighted by Crippen LogP contribution is 2.43. The van der Waals surface area contributed by atoms with Gasteiger partial charge in [-0.2, -0.15) is 26.3 Å². The highest BCUT2D eigenvalue weighted by molar-refractivity contribution is 6.31. The van der Waals surface area contributed by atoms with Crippen molar-refractivity contribution in [2.75, 3.05) is 5.32 Å². The number of hydrogen-bond donors (Lipinski definition) is 3. The third-order valence-electron chi connectivity index (χ3n) is 6.65. The third-order valence-corrected chi connectivity index (χ3v) is 7.00. The summed E-state index contributed by atoms with van der Waals surface area (Å²) in [6.45, 7) is -1.66. The van der Waals surface area contributed by atoms with Crippen LogP contribution >= 0.6 is 11.6 Å². The molecule has 3 N–H and O–H groups in total. The molecular formula is C26H16ClF8N5O2. The van der Waals surface area contributed by atoms with E-state index < -0.39 is 65.1 Å². The molecule has 1 aliphatic heterocycles. The fourth-order valence-electron chi connectivity index (χ4n) is 4.92. The molecule has 2 heterocycles. The SMILES string of the molecule is Cn1c(=N)n(CC(F)(F)F)c2cc(NC(=O)c3cc(F)cc(C(F)(F)F)c3)c3c(c21)C(=O)NC3c1cc(F)ccc1Cl. The number of fused-ring (bicyclic) bond motifs is 3. The normalized spacial score (nSPS) is 15.2. The summed E-state index contributed by atoms with van der Waals surface area (Å²) < 4.78 is 110. The van der Waals surface area contributed by atoms with Crippen molar-refractivity contribution in [3.8, 4) is 0 Å². The highest BCUT2D eigenvalue weighted by Gasteiger charge is 2.39. The predicted molar refractivity (Wildman–Crippen MR) is 133 cm³/mol. The van der Waals surface area contributed by atoms with Crippen LogP contribution in [0.2, 0.25) is 5.02 Å². The molecule has 42 heavy (non-hydrogen) atoms. The van der Waals surface area contributed by atoms with E-state index in [4.69, 9.17) is 17.0 Å². The number of carbonyl (C=O) groups is 2. The molecule has 220 valence electrons. The number of anilines is 1. The largest absolute Gasteiger partial charge is 0.416 e. The van der Waals surface area contributed by atoms with E-state index in [-0.39, 0.29) is 44.5 Å². The van der Waals surface area contributed by atoms with Crippen LogP contribution in [0.25, 0.3) is 11.0 Å². The van der Waals surface area contributed by atoms with E-state index in [0.29, 0.717) is 16.7 Å². The van der Waals surface area contributed by atoms with Gasteiger partial charge in [0, 0.05) is 34.4 Å². The Balaban J connectivity index is 1.78. The molecule has 16 heteroatoms. The van der Waals surface area contributed by atoms with Crippen LogP contribution in [0.15, 0.2) is 42.5 Å². The minimum absolute atomic E-state index is 0.00722. The summed E-state index contributed by atoms with van der Waals surface area (Å²) in [5.41, 5.74) is -4.18. The van der Waals surface area contributed by atoms with Crippen molar-refractivity contribution < 1.29 is 44.7 Å². The van der Waals surface area contributed by atoms with Crippen molar-refractivity contribution in [3.63, 3.8) is 0 Å². The maximum absolute atomic E-state index is 14.2. The first-order valence-electron chi connectivity index (χ1n) is 11.8. The van der Waals surface area contributed by atoms with Gasteiger partial charge in [-0.1, -0.05) is 11.6 Å². The lowest BCUT2D eigenvalue weighted by atomic mass is 9.95. The van der Waals surface area contributed by atoms with Crippen molar-refractivity contribution >= 4 is 40.1 Å². The van der Waals surface area contributed by atoms with E-state index in [1.807, 2.05) is 0 Å². The molecule has 1 atom stereocenters. The summed E-state index contributed by atoms with van der Waals surface area (Å²) in [4.78, 5) is 26.4. The zero-order chi connectivity index (χ0) is 30.9. The molecule has 7 nitrogen and oxygen atoms in total. The van der Waals surface area contributed by atoms with Crippen LogP contribution in [0.3, 0.4) is 0 Å². The molecule has 1 unspecified atom stereocenters. The maximum atomic E-state index is 14.2. The van der Waals surface area contributed by atoms with Gasteiger partial charge in [-0.15, -0.1) is 0 Å². The van der Waals surface area contributed by atoms with E-state index in [1.165, 1.54) is 13.1 Å². The molecule has 1 aliphatic rings. The molecule has 0 radical (unpaired) electrons. The fourth-order valence-corrected chi connectivity index (χ4v) is 5.14. The van der Waals surface area contributed by atoms with Crippen LogP contribution in [-0.4, -0.2) is 27.1 Å². The smallest absolute Gasteiger partial charge is 0.341 e. The molecule has 0 saturated heterocycles. The Hall–Kier alpha value is -4.40. The Morgan fingerprint density at radius 3 is 2.38 bits per heavy atom. The van der Waals surface area contributed by atoms with E-state index in [9.17, 15) is 44.7 Å². The number of halogens is 9. The number of benzene rings is 3. The first kappa shape index (κ1) is 29.1. The molecule has 0 aliphatic carbocycles. The van der Waals surface area contributed by atoms with Crippen LogP contribution in [0, 0.1) is 17.0 Å². The predicted octanol–water partition coefficient (Wildman–Crippen LogP) is 6.06. The Kier molecular flexibility index (Phi) is 6.83. The van der Waals surface area contributed by atoms with Gasteiger partial charge in [-0.05, 0) is 42.5 Å². The number of nitrogens with one attached hydrogen (secondary N) is 3. The molecule has 0 saturated carbocycles. The zero-order valence-electron chi connectivity index (χ0n) is 20.9. The standard InChI is InChI=1S/C26H16ClF8N5O2/c1-39-21-17(40(24(39)36)9-25(30,31)32)8-16(37-22(41)10-4-11(26(33,34)35)6-13(29)5-10)18-19(21)23(42)38-20(18)14-7-12(28)2-3-15(14)27/h2-8,20,36H,9H2,1H3,(H,37,41)(H,38,42). The summed E-state index contributed by atoms with van der Waals surface area (Å²) in [7, 11) is 1.23. The van der Waals surface area contributed by atoms with Gasteiger partial charge in [0.15, 0.2) is 0 Å². The van der Waals surface area contributed by atoms with Crippen molar-refractivity contribution in [1.29, 1.82) is 5.41 Å². The van der Waals surface area contributed by atoms with Gasteiger partial charge >= 0.3 is 12.4 Å². The second-order valence-corrected chi connectivity index (χ2v) is 9.82. The first-order chi connectivity index (χ1) is 19.5. The summed E-state index contributed by atoms with van der Waals surface area (Å²) >= 11 is 6.26. The average Bonchev–Trinajstić information content (AvgIpc) is 3.33. The molecule has 1 aromatic heterocycles. The summed E-state index contributed by atoms with van der Waals surface area (Å²) in [6, 6.07) is 3.96. The number of imidazole rings is 1. The lowest BCUT2D eigenvalue weighted by Gasteiger charge is -2.19. The number of hydrogen-bond acceptors (Lipinski definition) is 3. The van der Waals surface area contributed by atoms with Crippen LogP contribution in [-0.2, 0) is 19.8 Å². The van der Waals surface area contributed by atoms with Crippen LogP contribution in [0.1, 0.15) is 43.4 Å². The van der Waals surface area contributed by atoms with Gasteiger partial charge < -0.3 is 19.8 Å². The molecule has 4 aromatic rings. The second-order valence-electron chi connectivity index (χ2n) is 9.42. The number of alkyl halides is 6. The Labute approximate surface area is 234 Å². The second kappa shape index (κ2) is 9.86. The minimum atomic E-state index is -5.01. The lowest BCUT2D eigenvalue weighted by molar-refractivity contribution is -0.140. The van der Waals surface area contributed by atoms with Gasteiger partial charge in [0.25, 0.3) is 11.8 Å². The van der Waals surface area contributed by atoms with Crippen molar-refractivity contribution in [1.82, 2.24) is 14.5 Å². The van der Waals surface area contributed by atoms with Gasteiger partial charge in [-0.3, -0.25) is 15.0 Å². The van der Waals surface area contributed by atoms with Crippen LogP contribution in [0.5, 0.6) is 0 Å². The molecule has 5 rings (SSSR count). The Bertz CT molecular complexity index is 1860. The molecule has 2 amide bonds. The fraction of sp³-hybridized carbons (Fsp3) is 0.192. The van der Waals surface area contributed by atoms with Crippen molar-refractivity contribution in [3.05, 3.63) is 92.6 Å². The lowest BCUT2D eigenvalue weighted by Crippen LogP contribution is -2.29. The highest BCUT2D eigenvalue weighted by atomic mass is 35.5. The van der Waals surface area contributed by atoms with Crippen molar-refractivity contribution in [2.24, 2.45) is 7.05 Å². The number of carbonyl (C=O) groups excluding carboxylic acids is 2. The average molecular weight is 618 g/mol. The van der Waals surface area contributed by atoms with Crippen LogP contribution in [0.4, 0.5) is 40.8 Å². The van der Waals surface area contributed by atoms with Crippen LogP contribution < -0.4 is 16.3 Å². The van der Waals surface area contributed by atoms with Gasteiger partial charge in [0.2, 0.25) is 5.62 Å².